The summed E-state index contributed by atoms with van der Waals surface area (Å²) < 4.78 is 6.96. The van der Waals surface area contributed by atoms with Gasteiger partial charge in [0.25, 0.3) is 0 Å². The van der Waals surface area contributed by atoms with E-state index in [0.29, 0.717) is 29.1 Å². The highest BCUT2D eigenvalue weighted by Crippen LogP contribution is 2.19. The maximum Gasteiger partial charge on any atom is 0.421 e. The van der Waals surface area contributed by atoms with Gasteiger partial charge in [0.1, 0.15) is 0 Å². The number of aromatic nitrogens is 1. The first-order valence-electron chi connectivity index (χ1n) is 7.38. The second kappa shape index (κ2) is 6.67. The van der Waals surface area contributed by atoms with Gasteiger partial charge in [-0.1, -0.05) is 39.3 Å². The molecular formula is C16H23ClN2O2. The summed E-state index contributed by atoms with van der Waals surface area (Å²) in [5, 5.41) is 0.574. The minimum Gasteiger partial charge on any atom is -0.408 e. The molecule has 0 bridgehead atoms. The molecule has 0 atom stereocenters. The summed E-state index contributed by atoms with van der Waals surface area (Å²) in [6.07, 6.45) is 0. The molecule has 0 unspecified atom stereocenters. The van der Waals surface area contributed by atoms with E-state index in [1.54, 1.807) is 16.7 Å². The second-order valence-electron chi connectivity index (χ2n) is 6.37. The van der Waals surface area contributed by atoms with Gasteiger partial charge in [-0.3, -0.25) is 9.47 Å². The number of hydrogen-bond donors (Lipinski definition) is 0. The van der Waals surface area contributed by atoms with E-state index in [9.17, 15) is 4.79 Å². The molecule has 5 heteroatoms. The summed E-state index contributed by atoms with van der Waals surface area (Å²) in [5.74, 6) is 0.768. The Morgan fingerprint density at radius 3 is 2.38 bits per heavy atom. The van der Waals surface area contributed by atoms with E-state index in [1.807, 2.05) is 6.07 Å². The van der Waals surface area contributed by atoms with Crippen LogP contribution in [0, 0.1) is 11.8 Å². The van der Waals surface area contributed by atoms with Crippen LogP contribution in [0.3, 0.4) is 0 Å². The zero-order chi connectivity index (χ0) is 15.6. The van der Waals surface area contributed by atoms with Crippen molar-refractivity contribution in [3.8, 4) is 0 Å². The minimum absolute atomic E-state index is 0.329. The molecule has 0 aliphatic heterocycles. The van der Waals surface area contributed by atoms with Crippen LogP contribution in [0.5, 0.6) is 0 Å². The molecule has 0 N–H and O–H groups in total. The molecule has 116 valence electrons. The van der Waals surface area contributed by atoms with E-state index in [4.69, 9.17) is 16.0 Å². The average Bonchev–Trinajstić information content (AvgIpc) is 2.63. The van der Waals surface area contributed by atoms with Crippen LogP contribution in [0.25, 0.3) is 11.1 Å². The maximum absolute atomic E-state index is 12.1. The molecule has 0 aliphatic carbocycles. The Morgan fingerprint density at radius 2 is 1.81 bits per heavy atom. The Labute approximate surface area is 130 Å². The fraction of sp³-hybridized carbons (Fsp3) is 0.562. The number of halogens is 1. The number of fused-ring (bicyclic) bond motifs is 1. The highest BCUT2D eigenvalue weighted by Gasteiger charge is 2.15. The Morgan fingerprint density at radius 1 is 1.19 bits per heavy atom. The summed E-state index contributed by atoms with van der Waals surface area (Å²) in [4.78, 5) is 14.4. The lowest BCUT2D eigenvalue weighted by Crippen LogP contribution is -2.35. The molecule has 1 aromatic carbocycles. The van der Waals surface area contributed by atoms with Gasteiger partial charge in [0.2, 0.25) is 0 Å². The average molecular weight is 311 g/mol. The summed E-state index contributed by atoms with van der Waals surface area (Å²) in [7, 11) is 0. The van der Waals surface area contributed by atoms with Crippen LogP contribution in [0.2, 0.25) is 5.02 Å². The maximum atomic E-state index is 12.1. The lowest BCUT2D eigenvalue weighted by Gasteiger charge is -2.26. The third-order valence-electron chi connectivity index (χ3n) is 3.22. The standard InChI is InChI=1S/C16H23ClN2O2/c1-11(2)8-18(9-12(3)4)10-19-14-6-5-13(17)7-15(14)21-16(19)20/h5-7,11-12H,8-10H2,1-4H3. The molecule has 21 heavy (non-hydrogen) atoms. The van der Waals surface area contributed by atoms with E-state index < -0.39 is 0 Å². The lowest BCUT2D eigenvalue weighted by atomic mass is 10.1. The van der Waals surface area contributed by atoms with Crippen LogP contribution in [0.4, 0.5) is 0 Å². The van der Waals surface area contributed by atoms with Crippen molar-refractivity contribution in [1.29, 1.82) is 0 Å². The largest absolute Gasteiger partial charge is 0.421 e. The molecule has 0 fully saturated rings. The van der Waals surface area contributed by atoms with Gasteiger partial charge in [-0.2, -0.15) is 0 Å². The molecule has 0 saturated carbocycles. The third-order valence-corrected chi connectivity index (χ3v) is 3.45. The number of benzene rings is 1. The lowest BCUT2D eigenvalue weighted by molar-refractivity contribution is 0.171. The summed E-state index contributed by atoms with van der Waals surface area (Å²) in [6, 6.07) is 5.31. The molecular weight excluding hydrogens is 288 g/mol. The first-order valence-corrected chi connectivity index (χ1v) is 7.76. The van der Waals surface area contributed by atoms with Crippen LogP contribution < -0.4 is 5.76 Å². The molecule has 2 aromatic rings. The Balaban J connectivity index is 2.31. The van der Waals surface area contributed by atoms with Crippen molar-refractivity contribution in [3.05, 3.63) is 33.8 Å². The molecule has 0 spiro atoms. The molecule has 0 saturated heterocycles. The zero-order valence-electron chi connectivity index (χ0n) is 13.1. The smallest absolute Gasteiger partial charge is 0.408 e. The van der Waals surface area contributed by atoms with Crippen molar-refractivity contribution < 1.29 is 4.42 Å². The third kappa shape index (κ3) is 4.11. The predicted molar refractivity (Wildman–Crippen MR) is 86.7 cm³/mol. The van der Waals surface area contributed by atoms with E-state index in [0.717, 1.165) is 18.6 Å². The van der Waals surface area contributed by atoms with E-state index in [2.05, 4.69) is 32.6 Å². The van der Waals surface area contributed by atoms with Crippen molar-refractivity contribution >= 4 is 22.7 Å². The van der Waals surface area contributed by atoms with Gasteiger partial charge in [-0.05, 0) is 24.0 Å². The molecule has 0 amide bonds. The van der Waals surface area contributed by atoms with Gasteiger partial charge < -0.3 is 4.42 Å². The quantitative estimate of drug-likeness (QED) is 0.814. The first kappa shape index (κ1) is 16.1. The number of nitrogens with zero attached hydrogens (tertiary/aromatic N) is 2. The Kier molecular flexibility index (Phi) is 5.12. The normalized spacial score (nSPS) is 12.2. The van der Waals surface area contributed by atoms with Gasteiger partial charge in [0, 0.05) is 24.2 Å². The highest BCUT2D eigenvalue weighted by atomic mass is 35.5. The van der Waals surface area contributed by atoms with Crippen LogP contribution in [0.15, 0.2) is 27.4 Å². The van der Waals surface area contributed by atoms with Crippen molar-refractivity contribution in [1.82, 2.24) is 9.47 Å². The van der Waals surface area contributed by atoms with Crippen LogP contribution in [-0.4, -0.2) is 22.6 Å². The van der Waals surface area contributed by atoms with Crippen molar-refractivity contribution in [2.24, 2.45) is 11.8 Å². The van der Waals surface area contributed by atoms with Gasteiger partial charge in [0.05, 0.1) is 12.2 Å². The van der Waals surface area contributed by atoms with Crippen molar-refractivity contribution in [2.75, 3.05) is 13.1 Å². The van der Waals surface area contributed by atoms with Gasteiger partial charge in [0.15, 0.2) is 5.58 Å². The zero-order valence-corrected chi connectivity index (χ0v) is 13.9. The SMILES string of the molecule is CC(C)CN(CC(C)C)Cn1c(=O)oc2cc(Cl)ccc21. The summed E-state index contributed by atoms with van der Waals surface area (Å²) in [5.41, 5.74) is 1.34. The Hall–Kier alpha value is -1.26. The number of oxazole rings is 1. The molecule has 0 radical (unpaired) electrons. The van der Waals surface area contributed by atoms with E-state index in [-0.39, 0.29) is 5.76 Å². The minimum atomic E-state index is -0.329. The molecule has 0 aliphatic rings. The van der Waals surface area contributed by atoms with Gasteiger partial charge in [-0.25, -0.2) is 4.79 Å². The molecule has 2 rings (SSSR count). The summed E-state index contributed by atoms with van der Waals surface area (Å²) in [6.45, 7) is 11.2. The van der Waals surface area contributed by atoms with Crippen molar-refractivity contribution in [3.63, 3.8) is 0 Å². The monoisotopic (exact) mass is 310 g/mol. The number of hydrogen-bond acceptors (Lipinski definition) is 3. The molecule has 1 aromatic heterocycles. The second-order valence-corrected chi connectivity index (χ2v) is 6.81. The van der Waals surface area contributed by atoms with Crippen LogP contribution >= 0.6 is 11.6 Å². The molecule has 1 heterocycles. The van der Waals surface area contributed by atoms with Crippen LogP contribution in [-0.2, 0) is 6.67 Å². The van der Waals surface area contributed by atoms with Gasteiger partial charge >= 0.3 is 5.76 Å². The van der Waals surface area contributed by atoms with Crippen molar-refractivity contribution in [2.45, 2.75) is 34.4 Å². The van der Waals surface area contributed by atoms with E-state index in [1.165, 1.54) is 0 Å². The predicted octanol–water partition coefficient (Wildman–Crippen LogP) is 3.82. The topological polar surface area (TPSA) is 38.4 Å². The van der Waals surface area contributed by atoms with Gasteiger partial charge in [-0.15, -0.1) is 0 Å². The number of rotatable bonds is 6. The fourth-order valence-corrected chi connectivity index (χ4v) is 2.76. The van der Waals surface area contributed by atoms with Crippen LogP contribution in [0.1, 0.15) is 27.7 Å². The summed E-state index contributed by atoms with van der Waals surface area (Å²) >= 11 is 5.94. The Bertz CT molecular complexity index is 648. The molecule has 4 nitrogen and oxygen atoms in total. The van der Waals surface area contributed by atoms with E-state index >= 15 is 0 Å². The first-order chi connectivity index (χ1) is 9.86. The highest BCUT2D eigenvalue weighted by molar-refractivity contribution is 6.31. The fourth-order valence-electron chi connectivity index (χ4n) is 2.60.